The molecule has 0 amide bonds. The summed E-state index contributed by atoms with van der Waals surface area (Å²) in [5, 5.41) is 2.26. The van der Waals surface area contributed by atoms with Gasteiger partial charge >= 0.3 is 0 Å². The van der Waals surface area contributed by atoms with Crippen molar-refractivity contribution in [2.24, 2.45) is 0 Å². The summed E-state index contributed by atoms with van der Waals surface area (Å²) >= 11 is 11.0. The second kappa shape index (κ2) is 9.23. The maximum atomic E-state index is 5.84. The van der Waals surface area contributed by atoms with Gasteiger partial charge in [0.2, 0.25) is 0 Å². The highest BCUT2D eigenvalue weighted by atomic mass is 35.5. The molecule has 0 bridgehead atoms. The Hall–Kier alpha value is 0.140. The zero-order valence-corrected chi connectivity index (χ0v) is 9.09. The summed E-state index contributed by atoms with van der Waals surface area (Å²) in [6.07, 6.45) is 7.32. The highest BCUT2D eigenvalue weighted by Crippen LogP contribution is 2.10. The maximum absolute atomic E-state index is 5.84. The van der Waals surface area contributed by atoms with E-state index in [4.69, 9.17) is 23.2 Å². The first-order chi connectivity index (χ1) is 5.81. The Morgan fingerprint density at radius 1 is 1.17 bits per heavy atom. The molecule has 0 aromatic carbocycles. The summed E-state index contributed by atoms with van der Waals surface area (Å²) in [6.45, 7) is 2.21. The van der Waals surface area contributed by atoms with E-state index < -0.39 is 0 Å². The fraction of sp³-hybridized carbons (Fsp3) is 0.800. The fourth-order valence-corrected chi connectivity index (χ4v) is 1.45. The average molecular weight is 207 g/mol. The molecular weight excluding hydrogens is 191 g/mol. The zero-order valence-electron chi connectivity index (χ0n) is 7.58. The van der Waals surface area contributed by atoms with E-state index in [1.165, 1.54) is 32.1 Å². The summed E-state index contributed by atoms with van der Waals surface area (Å²) in [5.41, 5.74) is 0. The molecule has 0 aliphatic heterocycles. The van der Waals surface area contributed by atoms with Gasteiger partial charge in [-0.1, -0.05) is 44.9 Å². The van der Waals surface area contributed by atoms with Gasteiger partial charge in [-0.3, -0.25) is 0 Å². The van der Waals surface area contributed by atoms with Crippen molar-refractivity contribution in [1.29, 1.82) is 0 Å². The molecule has 70 valence electrons. The highest BCUT2D eigenvalue weighted by molar-refractivity contribution is 6.31. The van der Waals surface area contributed by atoms with Crippen LogP contribution in [0.2, 0.25) is 0 Å². The monoisotopic (exact) mass is 206 g/mol. The van der Waals surface area contributed by atoms with Gasteiger partial charge in [-0.05, 0) is 18.0 Å². The normalized spacial score (nSPS) is 11.9. The lowest BCUT2D eigenvalue weighted by Crippen LogP contribution is -1.93. The highest BCUT2D eigenvalue weighted by Gasteiger charge is 1.98. The van der Waals surface area contributed by atoms with Gasteiger partial charge in [0, 0.05) is 5.38 Å². The minimum absolute atomic E-state index is 0.0517. The molecule has 0 rings (SSSR count). The van der Waals surface area contributed by atoms with Crippen LogP contribution in [-0.4, -0.2) is 5.38 Å². The fourth-order valence-electron chi connectivity index (χ4n) is 1.06. The first kappa shape index (κ1) is 12.1. The van der Waals surface area contributed by atoms with Gasteiger partial charge < -0.3 is 0 Å². The Morgan fingerprint density at radius 3 is 2.42 bits per heavy atom. The van der Waals surface area contributed by atoms with E-state index >= 15 is 0 Å². The van der Waals surface area contributed by atoms with Crippen LogP contribution in [0.15, 0.2) is 0 Å². The smallest absolute Gasteiger partial charge is 0.0955 e. The number of alkyl halides is 1. The first-order valence-electron chi connectivity index (χ1n) is 4.56. The van der Waals surface area contributed by atoms with Crippen LogP contribution in [0.3, 0.4) is 0 Å². The molecule has 0 N–H and O–H groups in total. The largest absolute Gasteiger partial charge is 0.109 e. The molecular formula is C10H16Cl2. The van der Waals surface area contributed by atoms with Crippen LogP contribution >= 0.6 is 23.2 Å². The number of unbranched alkanes of at least 4 members (excludes halogenated alkanes) is 4. The van der Waals surface area contributed by atoms with Crippen LogP contribution < -0.4 is 0 Å². The SMILES string of the molecule is CCCCCCCC(Cl)C#CCl. The Labute approximate surface area is 85.6 Å². The quantitative estimate of drug-likeness (QED) is 0.348. The summed E-state index contributed by atoms with van der Waals surface area (Å²) in [5.74, 6) is 2.72. The molecule has 1 unspecified atom stereocenters. The lowest BCUT2D eigenvalue weighted by atomic mass is 10.1. The predicted molar refractivity (Wildman–Crippen MR) is 56.6 cm³/mol. The van der Waals surface area contributed by atoms with Gasteiger partial charge in [0.05, 0.1) is 5.38 Å². The van der Waals surface area contributed by atoms with Crippen molar-refractivity contribution in [1.82, 2.24) is 0 Å². The molecule has 2 heteroatoms. The predicted octanol–water partition coefficient (Wildman–Crippen LogP) is 4.15. The molecule has 0 heterocycles. The van der Waals surface area contributed by atoms with Crippen molar-refractivity contribution in [3.05, 3.63) is 0 Å². The van der Waals surface area contributed by atoms with E-state index in [9.17, 15) is 0 Å². The Kier molecular flexibility index (Phi) is 9.34. The van der Waals surface area contributed by atoms with Crippen molar-refractivity contribution in [3.63, 3.8) is 0 Å². The summed E-state index contributed by atoms with van der Waals surface area (Å²) in [7, 11) is 0. The third-order valence-corrected chi connectivity index (χ3v) is 2.21. The second-order valence-electron chi connectivity index (χ2n) is 2.91. The van der Waals surface area contributed by atoms with Crippen LogP contribution in [0, 0.1) is 11.3 Å². The van der Waals surface area contributed by atoms with Gasteiger partial charge in [-0.2, -0.15) is 0 Å². The third-order valence-electron chi connectivity index (χ3n) is 1.77. The topological polar surface area (TPSA) is 0 Å². The van der Waals surface area contributed by atoms with Crippen LogP contribution in [-0.2, 0) is 0 Å². The van der Waals surface area contributed by atoms with E-state index in [1.54, 1.807) is 0 Å². The molecule has 0 saturated carbocycles. The van der Waals surface area contributed by atoms with E-state index in [-0.39, 0.29) is 5.38 Å². The van der Waals surface area contributed by atoms with Gasteiger partial charge in [0.15, 0.2) is 0 Å². The van der Waals surface area contributed by atoms with Crippen molar-refractivity contribution < 1.29 is 0 Å². The molecule has 0 nitrogen and oxygen atoms in total. The number of hydrogen-bond acceptors (Lipinski definition) is 0. The third kappa shape index (κ3) is 8.24. The molecule has 0 saturated heterocycles. The van der Waals surface area contributed by atoms with Crippen LogP contribution in [0.4, 0.5) is 0 Å². The second-order valence-corrected chi connectivity index (χ2v) is 3.63. The molecule has 0 aromatic heterocycles. The number of rotatable bonds is 6. The average Bonchev–Trinajstić information content (AvgIpc) is 2.05. The molecule has 12 heavy (non-hydrogen) atoms. The van der Waals surface area contributed by atoms with E-state index in [1.807, 2.05) is 0 Å². The van der Waals surface area contributed by atoms with Crippen molar-refractivity contribution in [2.45, 2.75) is 50.8 Å². The Balaban J connectivity index is 3.12. The number of halogens is 2. The van der Waals surface area contributed by atoms with Crippen LogP contribution in [0.5, 0.6) is 0 Å². The Bertz CT molecular complexity index is 144. The summed E-state index contributed by atoms with van der Waals surface area (Å²) < 4.78 is 0. The molecule has 0 spiro atoms. The maximum Gasteiger partial charge on any atom is 0.0955 e. The van der Waals surface area contributed by atoms with Gasteiger partial charge in [-0.15, -0.1) is 11.6 Å². The van der Waals surface area contributed by atoms with Crippen molar-refractivity contribution in [3.8, 4) is 11.3 Å². The van der Waals surface area contributed by atoms with Crippen LogP contribution in [0.1, 0.15) is 45.4 Å². The lowest BCUT2D eigenvalue weighted by molar-refractivity contribution is 0.615. The molecule has 0 fully saturated rings. The standard InChI is InChI=1S/C10H16Cl2/c1-2-3-4-5-6-7-10(12)8-9-11/h10H,2-7H2,1H3. The summed E-state index contributed by atoms with van der Waals surface area (Å²) in [4.78, 5) is 0. The molecule has 0 radical (unpaired) electrons. The molecule has 0 aliphatic rings. The minimum Gasteiger partial charge on any atom is -0.109 e. The Morgan fingerprint density at radius 2 is 1.83 bits per heavy atom. The molecule has 1 atom stereocenters. The van der Waals surface area contributed by atoms with Crippen molar-refractivity contribution >= 4 is 23.2 Å². The molecule has 0 aromatic rings. The number of hydrogen-bond donors (Lipinski definition) is 0. The van der Waals surface area contributed by atoms with Gasteiger partial charge in [-0.25, -0.2) is 0 Å². The van der Waals surface area contributed by atoms with Crippen LogP contribution in [0.25, 0.3) is 0 Å². The van der Waals surface area contributed by atoms with E-state index in [0.717, 1.165) is 6.42 Å². The van der Waals surface area contributed by atoms with Gasteiger partial charge in [0.1, 0.15) is 0 Å². The molecule has 0 aliphatic carbocycles. The van der Waals surface area contributed by atoms with Crippen molar-refractivity contribution in [2.75, 3.05) is 0 Å². The van der Waals surface area contributed by atoms with E-state index in [2.05, 4.69) is 18.2 Å². The summed E-state index contributed by atoms with van der Waals surface area (Å²) in [6, 6.07) is 0. The minimum atomic E-state index is -0.0517. The zero-order chi connectivity index (χ0) is 9.23. The van der Waals surface area contributed by atoms with E-state index in [0.29, 0.717) is 0 Å². The van der Waals surface area contributed by atoms with Gasteiger partial charge in [0.25, 0.3) is 0 Å². The first-order valence-corrected chi connectivity index (χ1v) is 5.38. The lowest BCUT2D eigenvalue weighted by Gasteiger charge is -2.00.